The molecule has 4 aromatic rings. The van der Waals surface area contributed by atoms with Crippen molar-refractivity contribution in [3.8, 4) is 17.2 Å². The maximum absolute atomic E-state index is 14.1. The van der Waals surface area contributed by atoms with Crippen LogP contribution in [0.5, 0.6) is 17.2 Å². The standard InChI is InChI=1S/C34H33IN2O6S/c1-6-41-33(39)29-21(4)36-34-37(30(29)24-14-10-11-15-26(24)43-20(2)3)32(38)28(44-34)18-23-16-25(35)31(27(17-23)40-5)42-19-22-12-8-7-9-13-22/h7-18,20,30H,6,19H2,1-5H3/b28-18+/t30-/m0/s1. The maximum Gasteiger partial charge on any atom is 0.338 e. The average molecular weight is 725 g/mol. The normalized spacial score (nSPS) is 14.7. The number of fused-ring (bicyclic) bond motifs is 1. The Labute approximate surface area is 273 Å². The van der Waals surface area contributed by atoms with E-state index in [1.54, 1.807) is 25.5 Å². The fraction of sp³-hybridized carbons (Fsp3) is 0.265. The van der Waals surface area contributed by atoms with Crippen molar-refractivity contribution >= 4 is 46.0 Å². The van der Waals surface area contributed by atoms with Gasteiger partial charge in [-0.2, -0.15) is 0 Å². The van der Waals surface area contributed by atoms with Gasteiger partial charge in [-0.1, -0.05) is 59.9 Å². The van der Waals surface area contributed by atoms with Gasteiger partial charge in [0.2, 0.25) is 0 Å². The zero-order valence-electron chi connectivity index (χ0n) is 25.1. The Morgan fingerprint density at radius 1 is 1.09 bits per heavy atom. The second-order valence-electron chi connectivity index (χ2n) is 10.3. The molecule has 1 aliphatic heterocycles. The average Bonchev–Trinajstić information content (AvgIpc) is 3.30. The summed E-state index contributed by atoms with van der Waals surface area (Å²) in [6.07, 6.45) is 1.70. The van der Waals surface area contributed by atoms with E-state index in [1.807, 2.05) is 86.7 Å². The largest absolute Gasteiger partial charge is 0.493 e. The summed E-state index contributed by atoms with van der Waals surface area (Å²) in [5.74, 6) is 1.26. The summed E-state index contributed by atoms with van der Waals surface area (Å²) in [6, 6.07) is 20.4. The molecular weight excluding hydrogens is 691 g/mol. The van der Waals surface area contributed by atoms with Gasteiger partial charge in [0.25, 0.3) is 5.56 Å². The Bertz CT molecular complexity index is 1890. The lowest BCUT2D eigenvalue weighted by molar-refractivity contribution is -0.139. The smallest absolute Gasteiger partial charge is 0.338 e. The predicted molar refractivity (Wildman–Crippen MR) is 179 cm³/mol. The van der Waals surface area contributed by atoms with Crippen LogP contribution in [0.1, 0.15) is 50.4 Å². The number of thiazole rings is 1. The van der Waals surface area contributed by atoms with Crippen LogP contribution in [0.4, 0.5) is 0 Å². The van der Waals surface area contributed by atoms with Crippen molar-refractivity contribution in [1.29, 1.82) is 0 Å². The topological polar surface area (TPSA) is 88.4 Å². The summed E-state index contributed by atoms with van der Waals surface area (Å²) < 4.78 is 26.2. The molecule has 1 aliphatic rings. The van der Waals surface area contributed by atoms with Crippen molar-refractivity contribution in [3.05, 3.63) is 118 Å². The lowest BCUT2D eigenvalue weighted by Gasteiger charge is -2.26. The Morgan fingerprint density at radius 2 is 1.82 bits per heavy atom. The van der Waals surface area contributed by atoms with Crippen molar-refractivity contribution in [2.45, 2.75) is 46.4 Å². The number of benzene rings is 3. The SMILES string of the molecule is CCOC(=O)C1=C(C)N=c2s/c(=C/c3cc(I)c(OCc4ccccc4)c(OC)c3)c(=O)n2[C@H]1c1ccccc1OC(C)C. The van der Waals surface area contributed by atoms with Gasteiger partial charge in [-0.05, 0) is 85.7 Å². The zero-order chi connectivity index (χ0) is 31.4. The molecule has 5 rings (SSSR count). The number of rotatable bonds is 10. The molecule has 0 spiro atoms. The van der Waals surface area contributed by atoms with Gasteiger partial charge in [0.05, 0.1) is 39.2 Å². The van der Waals surface area contributed by atoms with Crippen LogP contribution < -0.4 is 29.1 Å². The quantitative estimate of drug-likeness (QED) is 0.152. The van der Waals surface area contributed by atoms with E-state index in [0.29, 0.717) is 50.0 Å². The molecule has 3 aromatic carbocycles. The van der Waals surface area contributed by atoms with Crippen molar-refractivity contribution < 1.29 is 23.7 Å². The lowest BCUT2D eigenvalue weighted by Crippen LogP contribution is -2.40. The van der Waals surface area contributed by atoms with Crippen molar-refractivity contribution in [2.24, 2.45) is 4.99 Å². The molecule has 10 heteroatoms. The van der Waals surface area contributed by atoms with Crippen molar-refractivity contribution in [2.75, 3.05) is 13.7 Å². The number of esters is 1. The molecule has 0 N–H and O–H groups in total. The first-order chi connectivity index (χ1) is 21.2. The number of carbonyl (C=O) groups is 1. The number of nitrogens with zero attached hydrogens (tertiary/aromatic N) is 2. The monoisotopic (exact) mass is 724 g/mol. The Kier molecular flexibility index (Phi) is 9.90. The first kappa shape index (κ1) is 31.5. The summed E-state index contributed by atoms with van der Waals surface area (Å²) in [5, 5.41) is 0. The van der Waals surface area contributed by atoms with E-state index in [9.17, 15) is 9.59 Å². The van der Waals surface area contributed by atoms with E-state index in [1.165, 1.54) is 11.3 Å². The van der Waals surface area contributed by atoms with Gasteiger partial charge in [0.1, 0.15) is 18.4 Å². The number of para-hydroxylation sites is 1. The minimum Gasteiger partial charge on any atom is -0.493 e. The predicted octanol–water partition coefficient (Wildman–Crippen LogP) is 5.78. The highest BCUT2D eigenvalue weighted by molar-refractivity contribution is 14.1. The van der Waals surface area contributed by atoms with E-state index in [2.05, 4.69) is 22.6 Å². The van der Waals surface area contributed by atoms with Gasteiger partial charge in [-0.15, -0.1) is 0 Å². The third kappa shape index (κ3) is 6.61. The van der Waals surface area contributed by atoms with Crippen LogP contribution in [0.3, 0.4) is 0 Å². The van der Waals surface area contributed by atoms with Crippen LogP contribution in [0.2, 0.25) is 0 Å². The number of methoxy groups -OCH3 is 1. The molecule has 0 saturated carbocycles. The van der Waals surface area contributed by atoms with E-state index in [4.69, 9.17) is 23.9 Å². The summed E-state index contributed by atoms with van der Waals surface area (Å²) >= 11 is 3.48. The first-order valence-electron chi connectivity index (χ1n) is 14.2. The summed E-state index contributed by atoms with van der Waals surface area (Å²) in [6.45, 7) is 7.98. The summed E-state index contributed by atoms with van der Waals surface area (Å²) in [7, 11) is 1.59. The van der Waals surface area contributed by atoms with E-state index in [-0.39, 0.29) is 18.3 Å². The molecule has 228 valence electrons. The number of hydrogen-bond acceptors (Lipinski definition) is 8. The fourth-order valence-electron chi connectivity index (χ4n) is 5.00. The van der Waals surface area contributed by atoms with E-state index in [0.717, 1.165) is 14.7 Å². The molecule has 0 radical (unpaired) electrons. The maximum atomic E-state index is 14.1. The molecule has 0 amide bonds. The highest BCUT2D eigenvalue weighted by Crippen LogP contribution is 2.37. The van der Waals surface area contributed by atoms with Crippen LogP contribution in [-0.2, 0) is 16.1 Å². The van der Waals surface area contributed by atoms with Crippen LogP contribution >= 0.6 is 33.9 Å². The number of aromatic nitrogens is 1. The second-order valence-corrected chi connectivity index (χ2v) is 12.5. The lowest BCUT2D eigenvalue weighted by atomic mass is 9.95. The molecule has 0 fully saturated rings. The van der Waals surface area contributed by atoms with Crippen LogP contribution in [-0.4, -0.2) is 30.4 Å². The molecule has 0 unspecified atom stereocenters. The van der Waals surface area contributed by atoms with Gasteiger partial charge in [0.15, 0.2) is 16.3 Å². The Morgan fingerprint density at radius 3 is 2.52 bits per heavy atom. The second kappa shape index (κ2) is 13.8. The molecule has 2 heterocycles. The number of allylic oxidation sites excluding steroid dienone is 1. The molecule has 1 atom stereocenters. The van der Waals surface area contributed by atoms with Crippen molar-refractivity contribution in [3.63, 3.8) is 0 Å². The highest BCUT2D eigenvalue weighted by atomic mass is 127. The summed E-state index contributed by atoms with van der Waals surface area (Å²) in [5.41, 5.74) is 3.03. The summed E-state index contributed by atoms with van der Waals surface area (Å²) in [4.78, 5) is 32.6. The molecule has 1 aromatic heterocycles. The van der Waals surface area contributed by atoms with Gasteiger partial charge in [-0.25, -0.2) is 9.79 Å². The first-order valence-corrected chi connectivity index (χ1v) is 16.1. The van der Waals surface area contributed by atoms with Crippen LogP contribution in [0.15, 0.2) is 87.8 Å². The number of halogens is 1. The molecular formula is C34H33IN2O6S. The molecule has 8 nitrogen and oxygen atoms in total. The Hall–Kier alpha value is -3.90. The van der Waals surface area contributed by atoms with E-state index >= 15 is 0 Å². The van der Waals surface area contributed by atoms with Crippen LogP contribution in [0, 0.1) is 3.57 Å². The van der Waals surface area contributed by atoms with Gasteiger partial charge < -0.3 is 18.9 Å². The van der Waals surface area contributed by atoms with Gasteiger partial charge >= 0.3 is 5.97 Å². The van der Waals surface area contributed by atoms with Gasteiger partial charge in [0, 0.05) is 5.56 Å². The zero-order valence-corrected chi connectivity index (χ0v) is 28.1. The Balaban J connectivity index is 1.62. The number of ether oxygens (including phenoxy) is 4. The number of hydrogen-bond donors (Lipinski definition) is 0. The minimum absolute atomic E-state index is 0.111. The van der Waals surface area contributed by atoms with Gasteiger partial charge in [-0.3, -0.25) is 9.36 Å². The molecule has 0 saturated heterocycles. The van der Waals surface area contributed by atoms with E-state index < -0.39 is 12.0 Å². The third-order valence-electron chi connectivity index (χ3n) is 6.87. The molecule has 0 aliphatic carbocycles. The fourth-order valence-corrected chi connectivity index (χ4v) is 6.83. The van der Waals surface area contributed by atoms with Crippen molar-refractivity contribution in [1.82, 2.24) is 4.57 Å². The number of carbonyl (C=O) groups excluding carboxylic acids is 1. The molecule has 0 bridgehead atoms. The highest BCUT2D eigenvalue weighted by Gasteiger charge is 2.35. The third-order valence-corrected chi connectivity index (χ3v) is 8.65. The minimum atomic E-state index is -0.772. The molecule has 44 heavy (non-hydrogen) atoms. The van der Waals surface area contributed by atoms with Crippen LogP contribution in [0.25, 0.3) is 6.08 Å².